The first-order valence-corrected chi connectivity index (χ1v) is 15.3. The van der Waals surface area contributed by atoms with Crippen LogP contribution >= 0.6 is 11.3 Å². The fraction of sp³-hybridized carbons (Fsp3) is 0. The summed E-state index contributed by atoms with van der Waals surface area (Å²) in [6, 6.07) is 44.6. The van der Waals surface area contributed by atoms with E-state index in [4.69, 9.17) is 0 Å². The largest absolute Gasteiger partial charge is 0.361 e. The highest BCUT2D eigenvalue weighted by molar-refractivity contribution is 7.16. The standard InChI is InChI=1S/2C8H7N.2C7H6N2.C7H5NS/c1-2-6-9-7-3-5-8(9)4-1;1-2-4-8-7(3-1)5-6-9-8;1-2-4-7-6(3-1)8-5-9-7;1-2-4-7-6(3-1)5-8-9-7;1-2-4-7-6(3-1)8-5-9-7/h1-7H;1-6,9H;2*1-5H,(H,8,9);1-5H. The predicted molar refractivity (Wildman–Crippen MR) is 188 cm³/mol. The Hall–Kier alpha value is -5.99. The van der Waals surface area contributed by atoms with Crippen LogP contribution in [0.1, 0.15) is 0 Å². The Labute approximate surface area is 263 Å². The van der Waals surface area contributed by atoms with Gasteiger partial charge < -0.3 is 14.4 Å². The molecule has 0 aliphatic carbocycles. The normalized spacial score (nSPS) is 10.2. The second kappa shape index (κ2) is 15.0. The topological polar surface area (TPSA) is 90.5 Å². The van der Waals surface area contributed by atoms with E-state index >= 15 is 0 Å². The maximum absolute atomic E-state index is 4.14. The van der Waals surface area contributed by atoms with Gasteiger partial charge in [0.25, 0.3) is 0 Å². The number of rotatable bonds is 0. The van der Waals surface area contributed by atoms with Crippen molar-refractivity contribution in [3.05, 3.63) is 170 Å². The minimum Gasteiger partial charge on any atom is -0.361 e. The number of para-hydroxylation sites is 5. The molecule has 0 radical (unpaired) electrons. The van der Waals surface area contributed by atoms with E-state index in [2.05, 4.69) is 70.9 Å². The molecule has 0 spiro atoms. The fourth-order valence-electron chi connectivity index (χ4n) is 4.54. The van der Waals surface area contributed by atoms with Crippen LogP contribution in [0.4, 0.5) is 0 Å². The van der Waals surface area contributed by atoms with E-state index < -0.39 is 0 Å². The fourth-order valence-corrected chi connectivity index (χ4v) is 5.22. The molecule has 0 aliphatic heterocycles. The van der Waals surface area contributed by atoms with Gasteiger partial charge in [0.05, 0.1) is 44.8 Å². The molecule has 6 heterocycles. The Morgan fingerprint density at radius 1 is 0.533 bits per heavy atom. The van der Waals surface area contributed by atoms with Gasteiger partial charge in [-0.15, -0.1) is 11.3 Å². The Morgan fingerprint density at radius 2 is 1.22 bits per heavy atom. The summed E-state index contributed by atoms with van der Waals surface area (Å²) in [5.74, 6) is 0. The van der Waals surface area contributed by atoms with Crippen molar-refractivity contribution in [1.29, 1.82) is 0 Å². The van der Waals surface area contributed by atoms with Gasteiger partial charge in [-0.1, -0.05) is 66.7 Å². The molecule has 0 unspecified atom stereocenters. The van der Waals surface area contributed by atoms with Crippen LogP contribution in [0.5, 0.6) is 0 Å². The molecule has 10 rings (SSSR count). The summed E-state index contributed by atoms with van der Waals surface area (Å²) in [7, 11) is 0. The number of fused-ring (bicyclic) bond motifs is 5. The van der Waals surface area contributed by atoms with Crippen LogP contribution < -0.4 is 0 Å². The summed E-state index contributed by atoms with van der Waals surface area (Å²) < 4.78 is 3.34. The van der Waals surface area contributed by atoms with Gasteiger partial charge in [-0.25, -0.2) is 9.97 Å². The minimum atomic E-state index is 1.03. The van der Waals surface area contributed by atoms with Crippen LogP contribution in [0.3, 0.4) is 0 Å². The number of aromatic nitrogens is 7. The highest BCUT2D eigenvalue weighted by atomic mass is 32.1. The smallest absolute Gasteiger partial charge is 0.0931 e. The molecule has 0 amide bonds. The van der Waals surface area contributed by atoms with Gasteiger partial charge in [-0.3, -0.25) is 5.10 Å². The third-order valence-corrected chi connectivity index (χ3v) is 7.62. The molecule has 0 atom stereocenters. The van der Waals surface area contributed by atoms with E-state index in [-0.39, 0.29) is 0 Å². The predicted octanol–water partition coefficient (Wildman–Crippen LogP) is 9.53. The maximum atomic E-state index is 4.14. The van der Waals surface area contributed by atoms with E-state index in [0.29, 0.717) is 0 Å². The summed E-state index contributed by atoms with van der Waals surface area (Å²) in [5, 5.41) is 9.19. The molecule has 0 bridgehead atoms. The van der Waals surface area contributed by atoms with Crippen molar-refractivity contribution in [3.63, 3.8) is 0 Å². The number of H-pyrrole nitrogens is 3. The maximum Gasteiger partial charge on any atom is 0.0931 e. The quantitative estimate of drug-likeness (QED) is 0.161. The third kappa shape index (κ3) is 7.90. The highest BCUT2D eigenvalue weighted by Gasteiger charge is 1.91. The summed E-state index contributed by atoms with van der Waals surface area (Å²) in [4.78, 5) is 14.3. The summed E-state index contributed by atoms with van der Waals surface area (Å²) in [6.45, 7) is 0. The second-order valence-corrected chi connectivity index (χ2v) is 10.7. The number of aromatic amines is 3. The molecule has 7 nitrogen and oxygen atoms in total. The summed E-state index contributed by atoms with van der Waals surface area (Å²) >= 11 is 1.68. The second-order valence-electron chi connectivity index (χ2n) is 9.80. The molecule has 45 heavy (non-hydrogen) atoms. The molecule has 6 aromatic heterocycles. The average Bonchev–Trinajstić information content (AvgIpc) is 3.95. The number of imidazole rings is 1. The first kappa shape index (κ1) is 29.1. The van der Waals surface area contributed by atoms with Crippen LogP contribution in [0, 0.1) is 0 Å². The van der Waals surface area contributed by atoms with Gasteiger partial charge in [0.15, 0.2) is 0 Å². The van der Waals surface area contributed by atoms with Gasteiger partial charge in [0, 0.05) is 35.0 Å². The van der Waals surface area contributed by atoms with Gasteiger partial charge in [-0.05, 0) is 72.1 Å². The van der Waals surface area contributed by atoms with Crippen molar-refractivity contribution >= 4 is 59.9 Å². The van der Waals surface area contributed by atoms with Crippen LogP contribution in [-0.4, -0.2) is 34.5 Å². The number of nitrogens with zero attached hydrogens (tertiary/aromatic N) is 4. The molecule has 0 aliphatic rings. The minimum absolute atomic E-state index is 1.03. The van der Waals surface area contributed by atoms with Crippen molar-refractivity contribution in [2.45, 2.75) is 0 Å². The first-order valence-electron chi connectivity index (χ1n) is 14.4. The van der Waals surface area contributed by atoms with Gasteiger partial charge in [0.1, 0.15) is 0 Å². The van der Waals surface area contributed by atoms with E-state index in [1.807, 2.05) is 127 Å². The van der Waals surface area contributed by atoms with Crippen molar-refractivity contribution in [2.24, 2.45) is 0 Å². The third-order valence-electron chi connectivity index (χ3n) is 6.81. The monoisotopic (exact) mass is 605 g/mol. The first-order chi connectivity index (χ1) is 22.3. The molecular weight excluding hydrogens is 575 g/mol. The van der Waals surface area contributed by atoms with Crippen molar-refractivity contribution in [3.8, 4) is 0 Å². The van der Waals surface area contributed by atoms with Gasteiger partial charge >= 0.3 is 0 Å². The molecule has 0 fully saturated rings. The Bertz CT molecular complexity index is 1790. The van der Waals surface area contributed by atoms with Crippen LogP contribution in [0.2, 0.25) is 0 Å². The molecule has 3 N–H and O–H groups in total. The van der Waals surface area contributed by atoms with E-state index in [1.165, 1.54) is 21.1 Å². The molecule has 0 saturated heterocycles. The molecule has 4 aromatic carbocycles. The summed E-state index contributed by atoms with van der Waals surface area (Å²) in [6.07, 6.45) is 9.54. The van der Waals surface area contributed by atoms with E-state index in [1.54, 1.807) is 17.7 Å². The molecule has 220 valence electrons. The summed E-state index contributed by atoms with van der Waals surface area (Å²) in [5.41, 5.74) is 8.63. The number of pyridine rings is 1. The van der Waals surface area contributed by atoms with Gasteiger partial charge in [-0.2, -0.15) is 5.10 Å². The molecule has 8 heteroatoms. The Morgan fingerprint density at radius 3 is 2.02 bits per heavy atom. The Kier molecular flexibility index (Phi) is 9.67. The zero-order valence-electron chi connectivity index (χ0n) is 24.4. The van der Waals surface area contributed by atoms with Gasteiger partial charge in [0.2, 0.25) is 0 Å². The average molecular weight is 606 g/mol. The lowest BCUT2D eigenvalue weighted by atomic mass is 10.3. The Balaban J connectivity index is 0.0000000992. The number of thiazole rings is 1. The van der Waals surface area contributed by atoms with Crippen molar-refractivity contribution < 1.29 is 0 Å². The number of nitrogens with one attached hydrogen (secondary N) is 3. The molecule has 0 saturated carbocycles. The number of hydrogen-bond donors (Lipinski definition) is 3. The number of hydrogen-bond acceptors (Lipinski definition) is 4. The zero-order valence-corrected chi connectivity index (χ0v) is 25.2. The number of benzene rings is 4. The molecular formula is C37H31N7S. The zero-order chi connectivity index (χ0) is 30.5. The SMILES string of the molecule is c1ccc2[nH]ccc2c1.c1ccc2[nH]cnc2c1.c1ccc2[nH]ncc2c1.c1ccc2scnc2c1.c1ccn2cccc2c1. The lowest BCUT2D eigenvalue weighted by Crippen LogP contribution is -1.75. The van der Waals surface area contributed by atoms with Crippen LogP contribution in [0.25, 0.3) is 48.6 Å². The van der Waals surface area contributed by atoms with Crippen molar-refractivity contribution in [2.75, 3.05) is 0 Å². The lowest BCUT2D eigenvalue weighted by Gasteiger charge is -1.88. The molecule has 10 aromatic rings. The van der Waals surface area contributed by atoms with Crippen LogP contribution in [0.15, 0.2) is 170 Å². The lowest BCUT2D eigenvalue weighted by molar-refractivity contribution is 1.12. The van der Waals surface area contributed by atoms with E-state index in [9.17, 15) is 0 Å². The van der Waals surface area contributed by atoms with E-state index in [0.717, 1.165) is 27.5 Å². The van der Waals surface area contributed by atoms with Crippen molar-refractivity contribution in [1.82, 2.24) is 34.5 Å². The van der Waals surface area contributed by atoms with Crippen LogP contribution in [-0.2, 0) is 0 Å². The highest BCUT2D eigenvalue weighted by Crippen LogP contribution is 2.15.